The smallest absolute Gasteiger partial charge is 0.240 e. The summed E-state index contributed by atoms with van der Waals surface area (Å²) in [7, 11) is 0. The summed E-state index contributed by atoms with van der Waals surface area (Å²) in [5.74, 6) is 0.883. The number of nitrogens with zero attached hydrogens (tertiary/aromatic N) is 1. The Labute approximate surface area is 108 Å². The van der Waals surface area contributed by atoms with E-state index in [-0.39, 0.29) is 11.9 Å². The summed E-state index contributed by atoms with van der Waals surface area (Å²) in [5, 5.41) is 0. The lowest BCUT2D eigenvalue weighted by atomic mass is 10.0. The van der Waals surface area contributed by atoms with E-state index in [9.17, 15) is 4.79 Å². The molecule has 3 rings (SSSR count). The van der Waals surface area contributed by atoms with E-state index in [1.54, 1.807) is 0 Å². The second kappa shape index (κ2) is 4.73. The van der Waals surface area contributed by atoms with Crippen LogP contribution in [0.15, 0.2) is 30.3 Å². The summed E-state index contributed by atoms with van der Waals surface area (Å²) in [4.78, 5) is 14.4. The number of rotatable bonds is 3. The molecule has 1 amide bonds. The second-order valence-corrected chi connectivity index (χ2v) is 5.62. The third-order valence-electron chi connectivity index (χ3n) is 4.31. The average Bonchev–Trinajstić information content (AvgIpc) is 3.01. The van der Waals surface area contributed by atoms with Crippen LogP contribution in [-0.4, -0.2) is 29.4 Å². The van der Waals surface area contributed by atoms with Gasteiger partial charge in [-0.15, -0.1) is 0 Å². The van der Waals surface area contributed by atoms with Gasteiger partial charge in [0.2, 0.25) is 5.91 Å². The number of piperidine rings is 1. The third kappa shape index (κ3) is 2.15. The summed E-state index contributed by atoms with van der Waals surface area (Å²) in [5.41, 5.74) is 7.21. The van der Waals surface area contributed by atoms with Crippen molar-refractivity contribution in [3.63, 3.8) is 0 Å². The highest BCUT2D eigenvalue weighted by Crippen LogP contribution is 2.37. The summed E-state index contributed by atoms with van der Waals surface area (Å²) in [6, 6.07) is 10.1. The van der Waals surface area contributed by atoms with Crippen molar-refractivity contribution in [2.24, 2.45) is 11.7 Å². The minimum atomic E-state index is -0.383. The third-order valence-corrected chi connectivity index (χ3v) is 4.31. The molecule has 3 heteroatoms. The fourth-order valence-corrected chi connectivity index (χ4v) is 3.36. The van der Waals surface area contributed by atoms with Gasteiger partial charge in [0.15, 0.2) is 0 Å². The molecule has 2 unspecified atom stereocenters. The summed E-state index contributed by atoms with van der Waals surface area (Å²) >= 11 is 0. The number of hydrogen-bond donors (Lipinski definition) is 1. The largest absolute Gasteiger partial charge is 0.338 e. The van der Waals surface area contributed by atoms with E-state index in [0.717, 1.165) is 18.0 Å². The lowest BCUT2D eigenvalue weighted by molar-refractivity contribution is -0.134. The number of nitrogens with two attached hydrogens (primary N) is 1. The molecule has 2 bridgehead atoms. The topological polar surface area (TPSA) is 46.3 Å². The Bertz CT molecular complexity index is 431. The van der Waals surface area contributed by atoms with E-state index in [1.807, 2.05) is 35.2 Å². The van der Waals surface area contributed by atoms with Crippen LogP contribution >= 0.6 is 0 Å². The molecule has 0 radical (unpaired) electrons. The van der Waals surface area contributed by atoms with E-state index in [0.29, 0.717) is 12.5 Å². The molecule has 18 heavy (non-hydrogen) atoms. The van der Waals surface area contributed by atoms with Gasteiger partial charge in [0.05, 0.1) is 6.04 Å². The van der Waals surface area contributed by atoms with Crippen LogP contribution < -0.4 is 5.73 Å². The first kappa shape index (κ1) is 11.7. The molecule has 1 saturated carbocycles. The Kier molecular flexibility index (Phi) is 3.08. The zero-order valence-electron chi connectivity index (χ0n) is 10.6. The standard InChI is InChI=1S/C15H20N2O/c16-14(9-11-4-2-1-3-5-11)15(18)17-10-12-6-7-13(17)8-12/h1-5,12-14H,6-10,16H2/t12?,13?,14-/m1/s1. The van der Waals surface area contributed by atoms with E-state index in [2.05, 4.69) is 0 Å². The number of amides is 1. The van der Waals surface area contributed by atoms with Crippen molar-refractivity contribution in [3.05, 3.63) is 35.9 Å². The van der Waals surface area contributed by atoms with Crippen LogP contribution in [0, 0.1) is 5.92 Å². The van der Waals surface area contributed by atoms with Crippen LogP contribution in [-0.2, 0) is 11.2 Å². The van der Waals surface area contributed by atoms with Crippen LogP contribution in [0.3, 0.4) is 0 Å². The first-order chi connectivity index (χ1) is 8.74. The number of carbonyl (C=O) groups excluding carboxylic acids is 1. The van der Waals surface area contributed by atoms with Crippen molar-refractivity contribution < 1.29 is 4.79 Å². The predicted octanol–water partition coefficient (Wildman–Crippen LogP) is 1.57. The van der Waals surface area contributed by atoms with Gasteiger partial charge in [-0.1, -0.05) is 30.3 Å². The molecule has 0 spiro atoms. The molecule has 0 aromatic heterocycles. The van der Waals surface area contributed by atoms with E-state index >= 15 is 0 Å². The minimum absolute atomic E-state index is 0.144. The molecule has 1 aliphatic heterocycles. The van der Waals surface area contributed by atoms with E-state index in [1.165, 1.54) is 19.3 Å². The molecule has 1 heterocycles. The van der Waals surface area contributed by atoms with Gasteiger partial charge in [-0.05, 0) is 37.2 Å². The highest BCUT2D eigenvalue weighted by Gasteiger charge is 2.41. The van der Waals surface area contributed by atoms with Gasteiger partial charge in [0.1, 0.15) is 0 Å². The van der Waals surface area contributed by atoms with Crippen molar-refractivity contribution in [2.75, 3.05) is 6.54 Å². The Balaban J connectivity index is 1.62. The quantitative estimate of drug-likeness (QED) is 0.877. The molecule has 3 nitrogen and oxygen atoms in total. The maximum atomic E-state index is 12.3. The SMILES string of the molecule is N[C@H](Cc1ccccc1)C(=O)N1CC2CCC1C2. The van der Waals surface area contributed by atoms with Crippen molar-refractivity contribution in [1.82, 2.24) is 4.90 Å². The number of hydrogen-bond acceptors (Lipinski definition) is 2. The van der Waals surface area contributed by atoms with Crippen molar-refractivity contribution in [1.29, 1.82) is 0 Å². The zero-order valence-corrected chi connectivity index (χ0v) is 10.6. The van der Waals surface area contributed by atoms with Gasteiger partial charge in [-0.3, -0.25) is 4.79 Å². The van der Waals surface area contributed by atoms with Crippen LogP contribution in [0.2, 0.25) is 0 Å². The highest BCUT2D eigenvalue weighted by atomic mass is 16.2. The molecule has 1 saturated heterocycles. The first-order valence-corrected chi connectivity index (χ1v) is 6.84. The average molecular weight is 244 g/mol. The maximum absolute atomic E-state index is 12.3. The Hall–Kier alpha value is -1.35. The zero-order chi connectivity index (χ0) is 12.5. The van der Waals surface area contributed by atoms with E-state index in [4.69, 9.17) is 5.73 Å². The number of carbonyl (C=O) groups is 1. The summed E-state index contributed by atoms with van der Waals surface area (Å²) in [6.07, 6.45) is 4.31. The highest BCUT2D eigenvalue weighted by molar-refractivity contribution is 5.82. The van der Waals surface area contributed by atoms with Crippen molar-refractivity contribution >= 4 is 5.91 Å². The van der Waals surface area contributed by atoms with Crippen LogP contribution in [0.4, 0.5) is 0 Å². The fourth-order valence-electron chi connectivity index (χ4n) is 3.36. The van der Waals surface area contributed by atoms with Gasteiger partial charge >= 0.3 is 0 Å². The van der Waals surface area contributed by atoms with Crippen LogP contribution in [0.5, 0.6) is 0 Å². The normalized spacial score (nSPS) is 27.5. The first-order valence-electron chi connectivity index (χ1n) is 6.84. The monoisotopic (exact) mass is 244 g/mol. The molecule has 3 atom stereocenters. The minimum Gasteiger partial charge on any atom is -0.338 e. The molecular formula is C15H20N2O. The fraction of sp³-hybridized carbons (Fsp3) is 0.533. The van der Waals surface area contributed by atoms with Gasteiger partial charge in [-0.2, -0.15) is 0 Å². The van der Waals surface area contributed by atoms with Gasteiger partial charge in [0, 0.05) is 12.6 Å². The molecule has 2 fully saturated rings. The molecule has 1 aromatic carbocycles. The molecule has 1 aromatic rings. The lowest BCUT2D eigenvalue weighted by Gasteiger charge is -2.29. The summed E-state index contributed by atoms with van der Waals surface area (Å²) in [6.45, 7) is 0.936. The van der Waals surface area contributed by atoms with Gasteiger partial charge < -0.3 is 10.6 Å². The molecular weight excluding hydrogens is 224 g/mol. The Morgan fingerprint density at radius 1 is 1.33 bits per heavy atom. The number of benzene rings is 1. The van der Waals surface area contributed by atoms with Crippen LogP contribution in [0.1, 0.15) is 24.8 Å². The number of fused-ring (bicyclic) bond motifs is 2. The van der Waals surface area contributed by atoms with Crippen molar-refractivity contribution in [2.45, 2.75) is 37.8 Å². The predicted molar refractivity (Wildman–Crippen MR) is 71.0 cm³/mol. The van der Waals surface area contributed by atoms with Gasteiger partial charge in [-0.25, -0.2) is 0 Å². The lowest BCUT2D eigenvalue weighted by Crippen LogP contribution is -2.48. The second-order valence-electron chi connectivity index (χ2n) is 5.62. The summed E-state index contributed by atoms with van der Waals surface area (Å²) < 4.78 is 0. The van der Waals surface area contributed by atoms with Crippen LogP contribution in [0.25, 0.3) is 0 Å². The molecule has 96 valence electrons. The van der Waals surface area contributed by atoms with Crippen molar-refractivity contribution in [3.8, 4) is 0 Å². The van der Waals surface area contributed by atoms with E-state index < -0.39 is 0 Å². The number of likely N-dealkylation sites (tertiary alicyclic amines) is 1. The molecule has 1 aliphatic carbocycles. The van der Waals surface area contributed by atoms with Gasteiger partial charge in [0.25, 0.3) is 0 Å². The molecule has 2 aliphatic rings. The Morgan fingerprint density at radius 2 is 2.11 bits per heavy atom. The Morgan fingerprint density at radius 3 is 2.72 bits per heavy atom. The molecule has 2 N–H and O–H groups in total. The maximum Gasteiger partial charge on any atom is 0.240 e.